The summed E-state index contributed by atoms with van der Waals surface area (Å²) in [5, 5.41) is 0. The first-order valence-electron chi connectivity index (χ1n) is 6.42. The fraction of sp³-hybridized carbons (Fsp3) is 0.571. The number of nitrogens with one attached hydrogen (secondary N) is 1. The van der Waals surface area contributed by atoms with Gasteiger partial charge in [-0.2, -0.15) is 0 Å². The number of nitrogens with two attached hydrogens (primary N) is 1. The SMILES string of the molecule is Cc1cccc(N)c1S(=O)(=O)NCC(C)(C)C(C)C. The normalized spacial score (nSPS) is 12.9. The van der Waals surface area contributed by atoms with Gasteiger partial charge >= 0.3 is 0 Å². The van der Waals surface area contributed by atoms with Crippen LogP contribution in [0.25, 0.3) is 0 Å². The summed E-state index contributed by atoms with van der Waals surface area (Å²) in [6.45, 7) is 10.4. The van der Waals surface area contributed by atoms with Gasteiger partial charge in [-0.15, -0.1) is 0 Å². The summed E-state index contributed by atoms with van der Waals surface area (Å²) in [6, 6.07) is 5.11. The van der Waals surface area contributed by atoms with Gasteiger partial charge in [-0.05, 0) is 29.9 Å². The molecule has 0 saturated carbocycles. The molecule has 0 aromatic heterocycles. The first-order chi connectivity index (χ1) is 8.58. The molecule has 3 N–H and O–H groups in total. The van der Waals surface area contributed by atoms with E-state index in [0.29, 0.717) is 18.0 Å². The monoisotopic (exact) mass is 284 g/mol. The van der Waals surface area contributed by atoms with Crippen molar-refractivity contribution in [1.82, 2.24) is 4.72 Å². The van der Waals surface area contributed by atoms with Crippen molar-refractivity contribution in [2.75, 3.05) is 12.3 Å². The van der Waals surface area contributed by atoms with Crippen LogP contribution in [0, 0.1) is 18.3 Å². The third-order valence-corrected chi connectivity index (χ3v) is 5.41. The number of aryl methyl sites for hydroxylation is 1. The third kappa shape index (κ3) is 3.70. The first-order valence-corrected chi connectivity index (χ1v) is 7.91. The fourth-order valence-electron chi connectivity index (χ4n) is 1.60. The van der Waals surface area contributed by atoms with Crippen molar-refractivity contribution in [3.8, 4) is 0 Å². The van der Waals surface area contributed by atoms with Crippen molar-refractivity contribution in [3.05, 3.63) is 23.8 Å². The molecule has 0 saturated heterocycles. The Morgan fingerprint density at radius 2 is 1.89 bits per heavy atom. The van der Waals surface area contributed by atoms with Crippen molar-refractivity contribution in [2.24, 2.45) is 11.3 Å². The molecule has 5 heteroatoms. The van der Waals surface area contributed by atoms with E-state index < -0.39 is 10.0 Å². The topological polar surface area (TPSA) is 72.2 Å². The predicted molar refractivity (Wildman–Crippen MR) is 79.4 cm³/mol. The highest BCUT2D eigenvalue weighted by Crippen LogP contribution is 2.27. The second-order valence-electron chi connectivity index (χ2n) is 5.96. The molecular formula is C14H24N2O2S. The van der Waals surface area contributed by atoms with Crippen LogP contribution in [0.15, 0.2) is 23.1 Å². The summed E-state index contributed by atoms with van der Waals surface area (Å²) < 4.78 is 27.4. The molecule has 0 unspecified atom stereocenters. The van der Waals surface area contributed by atoms with Crippen LogP contribution >= 0.6 is 0 Å². The van der Waals surface area contributed by atoms with E-state index >= 15 is 0 Å². The Morgan fingerprint density at radius 1 is 1.32 bits per heavy atom. The van der Waals surface area contributed by atoms with E-state index in [4.69, 9.17) is 5.73 Å². The molecule has 0 heterocycles. The molecule has 0 aliphatic rings. The van der Waals surface area contributed by atoms with Crippen LogP contribution in [0.5, 0.6) is 0 Å². The van der Waals surface area contributed by atoms with E-state index in [9.17, 15) is 8.42 Å². The summed E-state index contributed by atoms with van der Waals surface area (Å²) in [5.74, 6) is 0.379. The van der Waals surface area contributed by atoms with Gasteiger partial charge in [0, 0.05) is 6.54 Å². The van der Waals surface area contributed by atoms with Crippen LogP contribution < -0.4 is 10.5 Å². The van der Waals surface area contributed by atoms with Gasteiger partial charge < -0.3 is 5.73 Å². The Kier molecular flexibility index (Phi) is 4.63. The van der Waals surface area contributed by atoms with Crippen LogP contribution in [-0.4, -0.2) is 15.0 Å². The lowest BCUT2D eigenvalue weighted by molar-refractivity contribution is 0.252. The summed E-state index contributed by atoms with van der Waals surface area (Å²) in [6.07, 6.45) is 0. The molecule has 0 fully saturated rings. The van der Waals surface area contributed by atoms with Crippen molar-refractivity contribution >= 4 is 15.7 Å². The number of anilines is 1. The van der Waals surface area contributed by atoms with Crippen LogP contribution in [0.1, 0.15) is 33.3 Å². The van der Waals surface area contributed by atoms with Crippen molar-refractivity contribution in [3.63, 3.8) is 0 Å². The molecule has 0 amide bonds. The van der Waals surface area contributed by atoms with E-state index in [0.717, 1.165) is 0 Å². The van der Waals surface area contributed by atoms with E-state index in [1.165, 1.54) is 0 Å². The van der Waals surface area contributed by atoms with Gasteiger partial charge in [0.2, 0.25) is 10.0 Å². The van der Waals surface area contributed by atoms with Gasteiger partial charge in [-0.3, -0.25) is 0 Å². The van der Waals surface area contributed by atoms with Crippen LogP contribution in [0.4, 0.5) is 5.69 Å². The average molecular weight is 284 g/mol. The average Bonchev–Trinajstić information content (AvgIpc) is 2.26. The standard InChI is InChI=1S/C14H24N2O2S/c1-10(2)14(4,5)9-16-19(17,18)13-11(3)7-6-8-12(13)15/h6-8,10,16H,9,15H2,1-5H3. The zero-order chi connectivity index (χ0) is 14.8. The minimum atomic E-state index is -3.56. The van der Waals surface area contributed by atoms with Crippen molar-refractivity contribution < 1.29 is 8.42 Å². The van der Waals surface area contributed by atoms with Gasteiger partial charge in [0.25, 0.3) is 0 Å². The number of hydrogen-bond donors (Lipinski definition) is 2. The Morgan fingerprint density at radius 3 is 2.37 bits per heavy atom. The summed E-state index contributed by atoms with van der Waals surface area (Å²) in [7, 11) is -3.56. The van der Waals surface area contributed by atoms with Gasteiger partial charge in [0.1, 0.15) is 4.90 Å². The lowest BCUT2D eigenvalue weighted by Crippen LogP contribution is -2.37. The minimum Gasteiger partial charge on any atom is -0.398 e. The second-order valence-corrected chi connectivity index (χ2v) is 7.66. The Bertz CT molecular complexity index is 528. The highest BCUT2D eigenvalue weighted by atomic mass is 32.2. The molecule has 108 valence electrons. The molecule has 0 bridgehead atoms. The molecule has 1 aromatic rings. The largest absolute Gasteiger partial charge is 0.398 e. The molecule has 0 aliphatic carbocycles. The molecule has 4 nitrogen and oxygen atoms in total. The zero-order valence-electron chi connectivity index (χ0n) is 12.3. The van der Waals surface area contributed by atoms with Crippen LogP contribution in [0.3, 0.4) is 0 Å². The molecule has 1 rings (SSSR count). The van der Waals surface area contributed by atoms with Crippen LogP contribution in [0.2, 0.25) is 0 Å². The molecule has 0 atom stereocenters. The molecule has 0 aliphatic heterocycles. The zero-order valence-corrected chi connectivity index (χ0v) is 13.1. The fourth-order valence-corrected chi connectivity index (χ4v) is 3.18. The van der Waals surface area contributed by atoms with Gasteiger partial charge in [0.15, 0.2) is 0 Å². The number of sulfonamides is 1. The number of nitrogen functional groups attached to an aromatic ring is 1. The third-order valence-electron chi connectivity index (χ3n) is 3.79. The number of hydrogen-bond acceptors (Lipinski definition) is 3. The molecule has 0 spiro atoms. The predicted octanol–water partition coefficient (Wildman–Crippen LogP) is 2.54. The Hall–Kier alpha value is -1.07. The second kappa shape index (κ2) is 5.51. The summed E-state index contributed by atoms with van der Waals surface area (Å²) in [5.41, 5.74) is 6.63. The molecular weight excluding hydrogens is 260 g/mol. The maximum atomic E-state index is 12.4. The summed E-state index contributed by atoms with van der Waals surface area (Å²) in [4.78, 5) is 0.189. The Balaban J connectivity index is 3.01. The van der Waals surface area contributed by atoms with Crippen molar-refractivity contribution in [2.45, 2.75) is 39.5 Å². The van der Waals surface area contributed by atoms with E-state index in [-0.39, 0.29) is 16.0 Å². The van der Waals surface area contributed by atoms with E-state index in [1.807, 2.05) is 13.8 Å². The van der Waals surface area contributed by atoms with Gasteiger partial charge in [-0.1, -0.05) is 39.8 Å². The quantitative estimate of drug-likeness (QED) is 0.816. The lowest BCUT2D eigenvalue weighted by Gasteiger charge is -2.29. The summed E-state index contributed by atoms with van der Waals surface area (Å²) >= 11 is 0. The van der Waals surface area contributed by atoms with E-state index in [2.05, 4.69) is 18.6 Å². The maximum absolute atomic E-state index is 12.4. The molecule has 1 aromatic carbocycles. The highest BCUT2D eigenvalue weighted by Gasteiger charge is 2.27. The van der Waals surface area contributed by atoms with Gasteiger partial charge in [0.05, 0.1) is 5.69 Å². The van der Waals surface area contributed by atoms with Crippen LogP contribution in [-0.2, 0) is 10.0 Å². The Labute approximate surface area is 116 Å². The lowest BCUT2D eigenvalue weighted by atomic mass is 9.81. The first kappa shape index (κ1) is 16.0. The van der Waals surface area contributed by atoms with Crippen molar-refractivity contribution in [1.29, 1.82) is 0 Å². The minimum absolute atomic E-state index is 0.107. The van der Waals surface area contributed by atoms with Gasteiger partial charge in [-0.25, -0.2) is 13.1 Å². The van der Waals surface area contributed by atoms with E-state index in [1.54, 1.807) is 25.1 Å². The maximum Gasteiger partial charge on any atom is 0.242 e. The highest BCUT2D eigenvalue weighted by molar-refractivity contribution is 7.89. The molecule has 0 radical (unpaired) electrons. The molecule has 19 heavy (non-hydrogen) atoms. The number of rotatable bonds is 5. The smallest absolute Gasteiger partial charge is 0.242 e. The number of benzene rings is 1.